The summed E-state index contributed by atoms with van der Waals surface area (Å²) in [4.78, 5) is 12.3. The Morgan fingerprint density at radius 2 is 1.94 bits per heavy atom. The highest BCUT2D eigenvalue weighted by Gasteiger charge is 2.31. The average molecular weight is 246 g/mol. The number of hydrogen-bond acceptors (Lipinski definition) is 2. The zero-order valence-corrected chi connectivity index (χ0v) is 11.4. The van der Waals surface area contributed by atoms with Crippen LogP contribution < -0.4 is 10.6 Å². The summed E-state index contributed by atoms with van der Waals surface area (Å²) in [5.41, 5.74) is 1.61. The van der Waals surface area contributed by atoms with E-state index in [2.05, 4.69) is 24.5 Å². The Bertz CT molecular complexity index is 430. The SMILES string of the molecule is CNc1ccccc1C(=O)NC1CCC(C)C1C. The Labute approximate surface area is 109 Å². The van der Waals surface area contributed by atoms with Gasteiger partial charge in [0.15, 0.2) is 0 Å². The molecule has 1 aliphatic rings. The maximum Gasteiger partial charge on any atom is 0.253 e. The van der Waals surface area contributed by atoms with Crippen LogP contribution in [0.4, 0.5) is 5.69 Å². The van der Waals surface area contributed by atoms with Crippen LogP contribution in [0.2, 0.25) is 0 Å². The number of para-hydroxylation sites is 1. The molecule has 18 heavy (non-hydrogen) atoms. The molecule has 0 aliphatic heterocycles. The van der Waals surface area contributed by atoms with E-state index in [1.165, 1.54) is 6.42 Å². The zero-order valence-electron chi connectivity index (χ0n) is 11.4. The molecule has 0 aromatic heterocycles. The second kappa shape index (κ2) is 5.42. The lowest BCUT2D eigenvalue weighted by molar-refractivity contribution is 0.0928. The van der Waals surface area contributed by atoms with E-state index in [9.17, 15) is 4.79 Å². The molecule has 3 unspecified atom stereocenters. The van der Waals surface area contributed by atoms with E-state index in [0.717, 1.165) is 17.7 Å². The summed E-state index contributed by atoms with van der Waals surface area (Å²) in [6, 6.07) is 7.94. The summed E-state index contributed by atoms with van der Waals surface area (Å²) in [7, 11) is 1.84. The molecule has 1 amide bonds. The van der Waals surface area contributed by atoms with Gasteiger partial charge in [0.25, 0.3) is 5.91 Å². The van der Waals surface area contributed by atoms with Crippen molar-refractivity contribution < 1.29 is 4.79 Å². The molecule has 0 spiro atoms. The number of anilines is 1. The molecule has 1 fully saturated rings. The topological polar surface area (TPSA) is 41.1 Å². The largest absolute Gasteiger partial charge is 0.387 e. The molecule has 3 nitrogen and oxygen atoms in total. The van der Waals surface area contributed by atoms with E-state index in [1.54, 1.807) is 0 Å². The Balaban J connectivity index is 2.08. The first kappa shape index (κ1) is 12.9. The number of rotatable bonds is 3. The van der Waals surface area contributed by atoms with Crippen molar-refractivity contribution >= 4 is 11.6 Å². The summed E-state index contributed by atoms with van der Waals surface area (Å²) in [6.45, 7) is 4.49. The van der Waals surface area contributed by atoms with Gasteiger partial charge in [0.1, 0.15) is 0 Å². The van der Waals surface area contributed by atoms with Gasteiger partial charge in [-0.1, -0.05) is 26.0 Å². The molecule has 2 rings (SSSR count). The first-order chi connectivity index (χ1) is 8.63. The highest BCUT2D eigenvalue weighted by Crippen LogP contribution is 2.31. The van der Waals surface area contributed by atoms with Gasteiger partial charge in [0.05, 0.1) is 5.56 Å². The molecule has 0 saturated heterocycles. The van der Waals surface area contributed by atoms with Gasteiger partial charge in [0.2, 0.25) is 0 Å². The Morgan fingerprint density at radius 1 is 1.22 bits per heavy atom. The van der Waals surface area contributed by atoms with Gasteiger partial charge in [-0.2, -0.15) is 0 Å². The van der Waals surface area contributed by atoms with Crippen molar-refractivity contribution in [1.29, 1.82) is 0 Å². The fourth-order valence-electron chi connectivity index (χ4n) is 2.71. The quantitative estimate of drug-likeness (QED) is 0.861. The van der Waals surface area contributed by atoms with Crippen LogP contribution in [0.15, 0.2) is 24.3 Å². The molecule has 1 aromatic rings. The molecule has 3 atom stereocenters. The van der Waals surface area contributed by atoms with E-state index in [1.807, 2.05) is 31.3 Å². The third-order valence-electron chi connectivity index (χ3n) is 4.22. The predicted molar refractivity (Wildman–Crippen MR) is 74.8 cm³/mol. The number of benzene rings is 1. The van der Waals surface area contributed by atoms with Crippen molar-refractivity contribution in [2.24, 2.45) is 11.8 Å². The van der Waals surface area contributed by atoms with Crippen LogP contribution in [0.5, 0.6) is 0 Å². The molecule has 3 heteroatoms. The predicted octanol–water partition coefficient (Wildman–Crippen LogP) is 2.89. The van der Waals surface area contributed by atoms with E-state index < -0.39 is 0 Å². The van der Waals surface area contributed by atoms with Crippen LogP contribution in [-0.2, 0) is 0 Å². The maximum atomic E-state index is 12.3. The minimum absolute atomic E-state index is 0.0332. The summed E-state index contributed by atoms with van der Waals surface area (Å²) in [5, 5.41) is 6.23. The summed E-state index contributed by atoms with van der Waals surface area (Å²) >= 11 is 0. The molecule has 0 radical (unpaired) electrons. The van der Waals surface area contributed by atoms with Crippen LogP contribution in [0.25, 0.3) is 0 Å². The fourth-order valence-corrected chi connectivity index (χ4v) is 2.71. The Morgan fingerprint density at radius 3 is 2.56 bits per heavy atom. The number of hydrogen-bond donors (Lipinski definition) is 2. The van der Waals surface area contributed by atoms with E-state index in [-0.39, 0.29) is 5.91 Å². The van der Waals surface area contributed by atoms with Crippen molar-refractivity contribution in [3.63, 3.8) is 0 Å². The second-order valence-electron chi connectivity index (χ2n) is 5.29. The van der Waals surface area contributed by atoms with E-state index in [4.69, 9.17) is 0 Å². The van der Waals surface area contributed by atoms with Gasteiger partial charge in [-0.05, 0) is 36.8 Å². The summed E-state index contributed by atoms with van der Waals surface area (Å²) < 4.78 is 0. The van der Waals surface area contributed by atoms with Crippen LogP contribution in [-0.4, -0.2) is 19.0 Å². The molecule has 0 bridgehead atoms. The third kappa shape index (κ3) is 2.50. The van der Waals surface area contributed by atoms with Crippen LogP contribution in [0.1, 0.15) is 37.0 Å². The lowest BCUT2D eigenvalue weighted by Crippen LogP contribution is -2.37. The lowest BCUT2D eigenvalue weighted by Gasteiger charge is -2.20. The summed E-state index contributed by atoms with van der Waals surface area (Å²) in [5.74, 6) is 1.30. The number of amides is 1. The maximum absolute atomic E-state index is 12.3. The first-order valence-corrected chi connectivity index (χ1v) is 6.71. The molecule has 2 N–H and O–H groups in total. The molecular weight excluding hydrogens is 224 g/mol. The highest BCUT2D eigenvalue weighted by molar-refractivity contribution is 5.99. The average Bonchev–Trinajstić information content (AvgIpc) is 2.70. The standard InChI is InChI=1S/C15H22N2O/c1-10-8-9-13(11(10)2)17-15(18)12-6-4-5-7-14(12)16-3/h4-7,10-11,13,16H,8-9H2,1-3H3,(H,17,18). The lowest BCUT2D eigenvalue weighted by atomic mass is 9.97. The summed E-state index contributed by atoms with van der Waals surface area (Å²) in [6.07, 6.45) is 2.30. The van der Waals surface area contributed by atoms with Gasteiger partial charge in [-0.25, -0.2) is 0 Å². The Kier molecular flexibility index (Phi) is 3.90. The second-order valence-corrected chi connectivity index (χ2v) is 5.29. The molecule has 1 saturated carbocycles. The zero-order chi connectivity index (χ0) is 13.1. The smallest absolute Gasteiger partial charge is 0.253 e. The van der Waals surface area contributed by atoms with Gasteiger partial charge >= 0.3 is 0 Å². The monoisotopic (exact) mass is 246 g/mol. The molecule has 1 aliphatic carbocycles. The van der Waals surface area contributed by atoms with Crippen LogP contribution in [0, 0.1) is 11.8 Å². The highest BCUT2D eigenvalue weighted by atomic mass is 16.1. The Hall–Kier alpha value is -1.51. The number of nitrogens with one attached hydrogen (secondary N) is 2. The van der Waals surface area contributed by atoms with Gasteiger partial charge in [-0.3, -0.25) is 4.79 Å². The van der Waals surface area contributed by atoms with Crippen molar-refractivity contribution in [3.8, 4) is 0 Å². The van der Waals surface area contributed by atoms with Gasteiger partial charge in [-0.15, -0.1) is 0 Å². The minimum atomic E-state index is 0.0332. The van der Waals surface area contributed by atoms with Crippen LogP contribution >= 0.6 is 0 Å². The molecule has 0 heterocycles. The van der Waals surface area contributed by atoms with Gasteiger partial charge in [0, 0.05) is 18.8 Å². The van der Waals surface area contributed by atoms with Crippen molar-refractivity contribution in [3.05, 3.63) is 29.8 Å². The molecule has 1 aromatic carbocycles. The number of carbonyl (C=O) groups excluding carboxylic acids is 1. The normalized spacial score (nSPS) is 26.9. The first-order valence-electron chi connectivity index (χ1n) is 6.71. The third-order valence-corrected chi connectivity index (χ3v) is 4.22. The minimum Gasteiger partial charge on any atom is -0.387 e. The molecular formula is C15H22N2O. The van der Waals surface area contributed by atoms with Crippen molar-refractivity contribution in [2.75, 3.05) is 12.4 Å². The molecule has 98 valence electrons. The van der Waals surface area contributed by atoms with Crippen molar-refractivity contribution in [1.82, 2.24) is 5.32 Å². The van der Waals surface area contributed by atoms with E-state index >= 15 is 0 Å². The number of carbonyl (C=O) groups is 1. The van der Waals surface area contributed by atoms with Gasteiger partial charge < -0.3 is 10.6 Å². The van der Waals surface area contributed by atoms with Crippen molar-refractivity contribution in [2.45, 2.75) is 32.7 Å². The van der Waals surface area contributed by atoms with Crippen LogP contribution in [0.3, 0.4) is 0 Å². The fraction of sp³-hybridized carbons (Fsp3) is 0.533. The van der Waals surface area contributed by atoms with E-state index in [0.29, 0.717) is 17.9 Å².